The van der Waals surface area contributed by atoms with Crippen molar-refractivity contribution in [2.24, 2.45) is 5.41 Å². The van der Waals surface area contributed by atoms with Gasteiger partial charge >= 0.3 is 0 Å². The molecule has 1 aliphatic heterocycles. The summed E-state index contributed by atoms with van der Waals surface area (Å²) in [4.78, 5) is 30.8. The molecule has 1 amide bonds. The first-order chi connectivity index (χ1) is 13.3. The molecule has 0 spiro atoms. The number of carbonyl (C=O) groups is 2. The fourth-order valence-corrected chi connectivity index (χ4v) is 3.67. The normalized spacial score (nSPS) is 17.8. The van der Waals surface area contributed by atoms with Crippen LogP contribution in [0.15, 0.2) is 64.6 Å². The third-order valence-corrected chi connectivity index (χ3v) is 5.05. The van der Waals surface area contributed by atoms with E-state index < -0.39 is 23.1 Å². The highest BCUT2D eigenvalue weighted by Gasteiger charge is 2.46. The second kappa shape index (κ2) is 6.41. The van der Waals surface area contributed by atoms with Crippen LogP contribution >= 0.6 is 0 Å². The Hall–Kier alpha value is -3.28. The summed E-state index contributed by atoms with van der Waals surface area (Å²) in [6.07, 6.45) is 3.33. The zero-order valence-corrected chi connectivity index (χ0v) is 16.0. The molecule has 28 heavy (non-hydrogen) atoms. The van der Waals surface area contributed by atoms with Crippen molar-refractivity contribution in [3.05, 3.63) is 71.5 Å². The van der Waals surface area contributed by atoms with Crippen LogP contribution in [0, 0.1) is 5.41 Å². The summed E-state index contributed by atoms with van der Waals surface area (Å²) in [5.74, 6) is -0.730. The molecule has 0 radical (unpaired) electrons. The molecule has 0 fully saturated rings. The number of benzene rings is 1. The molecule has 3 aromatic rings. The van der Waals surface area contributed by atoms with E-state index >= 15 is 0 Å². The number of hydrogen-bond donors (Lipinski definition) is 2. The molecule has 1 aliphatic rings. The summed E-state index contributed by atoms with van der Waals surface area (Å²) >= 11 is 0. The second-order valence-corrected chi connectivity index (χ2v) is 8.05. The van der Waals surface area contributed by atoms with Crippen LogP contribution in [0.25, 0.3) is 10.9 Å². The van der Waals surface area contributed by atoms with Gasteiger partial charge in [0.15, 0.2) is 11.5 Å². The van der Waals surface area contributed by atoms with Crippen molar-refractivity contribution in [2.45, 2.75) is 33.4 Å². The predicted molar refractivity (Wildman–Crippen MR) is 104 cm³/mol. The molecule has 0 saturated carbocycles. The number of aromatic nitrogens is 1. The summed E-state index contributed by atoms with van der Waals surface area (Å²) in [6.45, 7) is 5.49. The van der Waals surface area contributed by atoms with Gasteiger partial charge in [-0.3, -0.25) is 9.59 Å². The molecule has 1 aromatic carbocycles. The largest absolute Gasteiger partial charge is 0.503 e. The van der Waals surface area contributed by atoms with Gasteiger partial charge in [-0.05, 0) is 18.2 Å². The van der Waals surface area contributed by atoms with Crippen LogP contribution in [-0.4, -0.2) is 26.7 Å². The minimum atomic E-state index is -0.741. The van der Waals surface area contributed by atoms with Gasteiger partial charge in [0, 0.05) is 28.1 Å². The van der Waals surface area contributed by atoms with E-state index in [0.29, 0.717) is 5.76 Å². The van der Waals surface area contributed by atoms with Crippen LogP contribution in [0.3, 0.4) is 0 Å². The molecule has 144 valence electrons. The maximum absolute atomic E-state index is 13.2. The molecule has 6 nitrogen and oxygen atoms in total. The van der Waals surface area contributed by atoms with E-state index in [1.54, 1.807) is 39.1 Å². The average Bonchev–Trinajstić information content (AvgIpc) is 3.36. The van der Waals surface area contributed by atoms with Gasteiger partial charge in [0.2, 0.25) is 0 Å². The third kappa shape index (κ3) is 2.81. The average molecular weight is 378 g/mol. The van der Waals surface area contributed by atoms with E-state index in [2.05, 4.69) is 4.98 Å². The van der Waals surface area contributed by atoms with Crippen LogP contribution in [0.2, 0.25) is 0 Å². The number of fused-ring (bicyclic) bond motifs is 1. The number of nitrogens with one attached hydrogen (secondary N) is 1. The number of aliphatic hydroxyl groups excluding tert-OH is 1. The molecule has 0 saturated heterocycles. The van der Waals surface area contributed by atoms with Crippen molar-refractivity contribution >= 4 is 22.6 Å². The van der Waals surface area contributed by atoms with Crippen molar-refractivity contribution < 1.29 is 19.1 Å². The SMILES string of the molecule is CC(C)(C)C(=O)C1=C(O)C(=O)N(Cc2ccco2)C1c1c[nH]c2ccccc12. The molecule has 2 aromatic heterocycles. The zero-order chi connectivity index (χ0) is 20.1. The van der Waals surface area contributed by atoms with Gasteiger partial charge < -0.3 is 19.4 Å². The first-order valence-corrected chi connectivity index (χ1v) is 9.16. The summed E-state index contributed by atoms with van der Waals surface area (Å²) in [5, 5.41) is 11.6. The first-order valence-electron chi connectivity index (χ1n) is 9.16. The lowest BCUT2D eigenvalue weighted by Gasteiger charge is -2.27. The van der Waals surface area contributed by atoms with E-state index in [1.807, 2.05) is 24.3 Å². The van der Waals surface area contributed by atoms with Crippen molar-refractivity contribution in [3.63, 3.8) is 0 Å². The Morgan fingerprint density at radius 1 is 1.21 bits per heavy atom. The van der Waals surface area contributed by atoms with Gasteiger partial charge in [0.05, 0.1) is 24.4 Å². The smallest absolute Gasteiger partial charge is 0.290 e. The number of carbonyl (C=O) groups excluding carboxylic acids is 2. The van der Waals surface area contributed by atoms with Gasteiger partial charge in [-0.2, -0.15) is 0 Å². The number of aliphatic hydroxyl groups is 1. The van der Waals surface area contributed by atoms with Gasteiger partial charge in [0.25, 0.3) is 5.91 Å². The number of amides is 1. The lowest BCUT2D eigenvalue weighted by Crippen LogP contribution is -2.32. The highest BCUT2D eigenvalue weighted by Crippen LogP contribution is 2.43. The van der Waals surface area contributed by atoms with Crippen molar-refractivity contribution in [1.82, 2.24) is 9.88 Å². The number of nitrogens with zero attached hydrogens (tertiary/aromatic N) is 1. The number of furan rings is 1. The van der Waals surface area contributed by atoms with Crippen LogP contribution in [0.5, 0.6) is 0 Å². The number of H-pyrrole nitrogens is 1. The zero-order valence-electron chi connectivity index (χ0n) is 16.0. The van der Waals surface area contributed by atoms with Crippen molar-refractivity contribution in [2.75, 3.05) is 0 Å². The number of hydrogen-bond acceptors (Lipinski definition) is 4. The molecule has 2 N–H and O–H groups in total. The molecule has 3 heterocycles. The molecular weight excluding hydrogens is 356 g/mol. The first kappa shape index (κ1) is 18.1. The fraction of sp³-hybridized carbons (Fsp3) is 0.273. The van der Waals surface area contributed by atoms with Gasteiger partial charge in [0.1, 0.15) is 5.76 Å². The molecule has 1 atom stereocenters. The Balaban J connectivity index is 1.88. The number of Topliss-reactive ketones (excluding diaryl/α,β-unsaturated/α-hetero) is 1. The van der Waals surface area contributed by atoms with Crippen molar-refractivity contribution in [1.29, 1.82) is 0 Å². The Labute approximate surface area is 162 Å². The summed E-state index contributed by atoms with van der Waals surface area (Å²) < 4.78 is 5.41. The molecule has 4 rings (SSSR count). The fourth-order valence-electron chi connectivity index (χ4n) is 3.67. The molecule has 0 aliphatic carbocycles. The van der Waals surface area contributed by atoms with Crippen LogP contribution in [0.1, 0.15) is 38.1 Å². The summed E-state index contributed by atoms with van der Waals surface area (Å²) in [6, 6.07) is 10.5. The lowest BCUT2D eigenvalue weighted by atomic mass is 9.82. The number of para-hydroxylation sites is 1. The maximum Gasteiger partial charge on any atom is 0.290 e. The van der Waals surface area contributed by atoms with Crippen LogP contribution < -0.4 is 0 Å². The van der Waals surface area contributed by atoms with Gasteiger partial charge in [-0.15, -0.1) is 0 Å². The Kier molecular flexibility index (Phi) is 4.14. The number of rotatable bonds is 4. The Morgan fingerprint density at radius 2 is 1.96 bits per heavy atom. The van der Waals surface area contributed by atoms with E-state index in [-0.39, 0.29) is 17.9 Å². The predicted octanol–water partition coefficient (Wildman–Crippen LogP) is 4.27. The highest BCUT2D eigenvalue weighted by atomic mass is 16.3. The number of aromatic amines is 1. The minimum absolute atomic E-state index is 0.133. The lowest BCUT2D eigenvalue weighted by molar-refractivity contribution is -0.130. The van der Waals surface area contributed by atoms with Crippen LogP contribution in [-0.2, 0) is 16.1 Å². The van der Waals surface area contributed by atoms with E-state index in [1.165, 1.54) is 11.2 Å². The Bertz CT molecular complexity index is 1080. The molecule has 0 bridgehead atoms. The molecular formula is C22H22N2O4. The summed E-state index contributed by atoms with van der Waals surface area (Å²) in [7, 11) is 0. The maximum atomic E-state index is 13.2. The molecule has 1 unspecified atom stereocenters. The monoisotopic (exact) mass is 378 g/mol. The number of ketones is 1. The van der Waals surface area contributed by atoms with E-state index in [4.69, 9.17) is 4.42 Å². The van der Waals surface area contributed by atoms with Crippen molar-refractivity contribution in [3.8, 4) is 0 Å². The Morgan fingerprint density at radius 3 is 2.64 bits per heavy atom. The summed E-state index contributed by atoms with van der Waals surface area (Å²) in [5.41, 5.74) is 1.06. The standard InChI is InChI=1S/C22H22N2O4/c1-22(2,3)20(26)17-18(15-11-23-16-9-5-4-8-14(15)16)24(21(27)19(17)25)12-13-7-6-10-28-13/h4-11,18,23,25H,12H2,1-3H3. The topological polar surface area (TPSA) is 86.5 Å². The second-order valence-electron chi connectivity index (χ2n) is 8.05. The van der Waals surface area contributed by atoms with E-state index in [9.17, 15) is 14.7 Å². The van der Waals surface area contributed by atoms with Gasteiger partial charge in [-0.25, -0.2) is 0 Å². The quantitative estimate of drug-likeness (QED) is 0.710. The minimum Gasteiger partial charge on any atom is -0.503 e. The van der Waals surface area contributed by atoms with E-state index in [0.717, 1.165) is 16.5 Å². The van der Waals surface area contributed by atoms with Gasteiger partial charge in [-0.1, -0.05) is 39.0 Å². The molecule has 6 heteroatoms. The highest BCUT2D eigenvalue weighted by molar-refractivity contribution is 6.11. The van der Waals surface area contributed by atoms with Crippen LogP contribution in [0.4, 0.5) is 0 Å². The third-order valence-electron chi connectivity index (χ3n) is 5.05.